The van der Waals surface area contributed by atoms with Crippen molar-refractivity contribution in [2.24, 2.45) is 0 Å². The van der Waals surface area contributed by atoms with E-state index < -0.39 is 5.97 Å². The van der Waals surface area contributed by atoms with E-state index in [1.54, 1.807) is 4.68 Å². The van der Waals surface area contributed by atoms with Crippen molar-refractivity contribution < 1.29 is 9.90 Å². The summed E-state index contributed by atoms with van der Waals surface area (Å²) in [5, 5.41) is 13.1. The number of hydrogen-bond donors (Lipinski definition) is 1. The van der Waals surface area contributed by atoms with Crippen molar-refractivity contribution in [3.05, 3.63) is 41.5 Å². The van der Waals surface area contributed by atoms with Crippen molar-refractivity contribution in [2.75, 3.05) is 0 Å². The Balaban J connectivity index is 2.49. The normalized spacial score (nSPS) is 10.6. The molecule has 0 aliphatic carbocycles. The number of aromatic nitrogens is 3. The molecule has 0 fully saturated rings. The zero-order chi connectivity index (χ0) is 13.8. The second-order valence-electron chi connectivity index (χ2n) is 4.34. The molecule has 0 aliphatic heterocycles. The average Bonchev–Trinajstić information content (AvgIpc) is 2.83. The Hall–Kier alpha value is -2.17. The molecule has 0 unspecified atom stereocenters. The lowest BCUT2D eigenvalue weighted by Crippen LogP contribution is -2.04. The predicted octanol–water partition coefficient (Wildman–Crippen LogP) is 2.48. The number of hydrogen-bond acceptors (Lipinski definition) is 3. The number of rotatable bonds is 5. The van der Waals surface area contributed by atoms with Gasteiger partial charge in [0.1, 0.15) is 5.82 Å². The van der Waals surface area contributed by atoms with Crippen molar-refractivity contribution in [2.45, 2.75) is 33.1 Å². The fraction of sp³-hybridized carbons (Fsp3) is 0.357. The zero-order valence-electron chi connectivity index (χ0n) is 11.1. The predicted molar refractivity (Wildman–Crippen MR) is 71.7 cm³/mol. The summed E-state index contributed by atoms with van der Waals surface area (Å²) in [4.78, 5) is 15.1. The topological polar surface area (TPSA) is 68.0 Å². The number of carboxylic acid groups (broad SMARTS) is 1. The monoisotopic (exact) mass is 259 g/mol. The summed E-state index contributed by atoms with van der Waals surface area (Å²) in [5.74, 6) is -0.554. The van der Waals surface area contributed by atoms with E-state index in [4.69, 9.17) is 5.11 Å². The molecule has 5 heteroatoms. The summed E-state index contributed by atoms with van der Waals surface area (Å²) in [7, 11) is 0. The third-order valence-corrected chi connectivity index (χ3v) is 2.90. The Bertz CT molecular complexity index is 590. The Morgan fingerprint density at radius 1 is 1.37 bits per heavy atom. The maximum Gasteiger partial charge on any atom is 0.375 e. The summed E-state index contributed by atoms with van der Waals surface area (Å²) in [5.41, 5.74) is 2.05. The van der Waals surface area contributed by atoms with Crippen LogP contribution in [0.15, 0.2) is 24.3 Å². The van der Waals surface area contributed by atoms with E-state index in [2.05, 4.69) is 17.0 Å². The van der Waals surface area contributed by atoms with Crippen LogP contribution in [0.25, 0.3) is 5.69 Å². The highest BCUT2D eigenvalue weighted by molar-refractivity contribution is 5.83. The van der Waals surface area contributed by atoms with Crippen molar-refractivity contribution in [1.29, 1.82) is 0 Å². The highest BCUT2D eigenvalue weighted by Crippen LogP contribution is 2.14. The number of carboxylic acids is 1. The van der Waals surface area contributed by atoms with Gasteiger partial charge < -0.3 is 5.11 Å². The lowest BCUT2D eigenvalue weighted by atomic mass is 10.1. The van der Waals surface area contributed by atoms with Gasteiger partial charge in [-0.15, -0.1) is 5.10 Å². The molecular formula is C14H17N3O2. The van der Waals surface area contributed by atoms with Crippen LogP contribution in [0.2, 0.25) is 0 Å². The molecule has 1 heterocycles. The maximum atomic E-state index is 11.0. The third kappa shape index (κ3) is 2.81. The Morgan fingerprint density at radius 3 is 2.79 bits per heavy atom. The third-order valence-electron chi connectivity index (χ3n) is 2.90. The average molecular weight is 259 g/mol. The summed E-state index contributed by atoms with van der Waals surface area (Å²) >= 11 is 0. The molecule has 1 aromatic heterocycles. The van der Waals surface area contributed by atoms with Gasteiger partial charge in [-0.2, -0.15) is 0 Å². The summed E-state index contributed by atoms with van der Waals surface area (Å²) < 4.78 is 1.63. The van der Waals surface area contributed by atoms with Gasteiger partial charge >= 0.3 is 5.97 Å². The maximum absolute atomic E-state index is 11.0. The molecule has 5 nitrogen and oxygen atoms in total. The van der Waals surface area contributed by atoms with Crippen LogP contribution in [0, 0.1) is 0 Å². The van der Waals surface area contributed by atoms with Crippen LogP contribution in [0.1, 0.15) is 42.3 Å². The standard InChI is InChI=1S/C14H17N3O2/c1-3-6-12-15-13(14(18)19)16-17(12)11-8-5-7-10(4-2)9-11/h5,7-9H,3-4,6H2,1-2H3,(H,18,19). The molecule has 0 radical (unpaired) electrons. The largest absolute Gasteiger partial charge is 0.475 e. The molecule has 0 saturated carbocycles. The van der Waals surface area contributed by atoms with Gasteiger partial charge in [-0.05, 0) is 30.5 Å². The van der Waals surface area contributed by atoms with Crippen LogP contribution in [-0.4, -0.2) is 25.8 Å². The van der Waals surface area contributed by atoms with Gasteiger partial charge in [-0.3, -0.25) is 0 Å². The number of aromatic carboxylic acids is 1. The van der Waals surface area contributed by atoms with Gasteiger partial charge in [0.25, 0.3) is 5.82 Å². The minimum absolute atomic E-state index is 0.148. The fourth-order valence-corrected chi connectivity index (χ4v) is 1.94. The van der Waals surface area contributed by atoms with E-state index in [0.717, 1.165) is 18.5 Å². The Morgan fingerprint density at radius 2 is 2.16 bits per heavy atom. The molecule has 1 N–H and O–H groups in total. The molecule has 2 aromatic rings. The number of carbonyl (C=O) groups is 1. The summed E-state index contributed by atoms with van der Waals surface area (Å²) in [6.07, 6.45) is 2.53. The van der Waals surface area contributed by atoms with E-state index in [0.29, 0.717) is 12.2 Å². The van der Waals surface area contributed by atoms with Crippen LogP contribution in [-0.2, 0) is 12.8 Å². The summed E-state index contributed by atoms with van der Waals surface area (Å²) in [6.45, 7) is 4.11. The molecule has 0 bridgehead atoms. The van der Waals surface area contributed by atoms with E-state index >= 15 is 0 Å². The number of nitrogens with zero attached hydrogens (tertiary/aromatic N) is 3. The van der Waals surface area contributed by atoms with Crippen LogP contribution in [0.4, 0.5) is 0 Å². The van der Waals surface area contributed by atoms with Gasteiger partial charge in [0, 0.05) is 6.42 Å². The lowest BCUT2D eigenvalue weighted by molar-refractivity contribution is 0.0683. The summed E-state index contributed by atoms with van der Waals surface area (Å²) in [6, 6.07) is 7.92. The molecule has 19 heavy (non-hydrogen) atoms. The van der Waals surface area contributed by atoms with E-state index in [9.17, 15) is 4.79 Å². The van der Waals surface area contributed by atoms with Gasteiger partial charge in [0.15, 0.2) is 0 Å². The van der Waals surface area contributed by atoms with Crippen molar-refractivity contribution in [1.82, 2.24) is 14.8 Å². The zero-order valence-corrected chi connectivity index (χ0v) is 11.1. The Kier molecular flexibility index (Phi) is 3.94. The van der Waals surface area contributed by atoms with Crippen molar-refractivity contribution in [3.8, 4) is 5.69 Å². The Labute approximate surface area is 111 Å². The fourth-order valence-electron chi connectivity index (χ4n) is 1.94. The van der Waals surface area contributed by atoms with Gasteiger partial charge in [0.2, 0.25) is 0 Å². The van der Waals surface area contributed by atoms with E-state index in [1.165, 1.54) is 5.56 Å². The first-order chi connectivity index (χ1) is 9.15. The molecule has 0 saturated heterocycles. The minimum atomic E-state index is -1.09. The minimum Gasteiger partial charge on any atom is -0.475 e. The second-order valence-corrected chi connectivity index (χ2v) is 4.34. The first kappa shape index (κ1) is 13.3. The first-order valence-corrected chi connectivity index (χ1v) is 6.44. The SMILES string of the molecule is CCCc1nc(C(=O)O)nn1-c1cccc(CC)c1. The molecule has 0 atom stereocenters. The van der Waals surface area contributed by atoms with E-state index in [-0.39, 0.29) is 5.82 Å². The highest BCUT2D eigenvalue weighted by Gasteiger charge is 2.15. The first-order valence-electron chi connectivity index (χ1n) is 6.44. The van der Waals surface area contributed by atoms with Crippen molar-refractivity contribution in [3.63, 3.8) is 0 Å². The molecule has 1 aromatic carbocycles. The second kappa shape index (κ2) is 5.65. The van der Waals surface area contributed by atoms with Gasteiger partial charge in [-0.25, -0.2) is 14.5 Å². The van der Waals surface area contributed by atoms with Gasteiger partial charge in [-0.1, -0.05) is 26.0 Å². The quantitative estimate of drug-likeness (QED) is 0.895. The highest BCUT2D eigenvalue weighted by atomic mass is 16.4. The van der Waals surface area contributed by atoms with Crippen LogP contribution >= 0.6 is 0 Å². The number of benzene rings is 1. The molecule has 0 aliphatic rings. The van der Waals surface area contributed by atoms with Crippen LogP contribution in [0.5, 0.6) is 0 Å². The lowest BCUT2D eigenvalue weighted by Gasteiger charge is -2.06. The smallest absolute Gasteiger partial charge is 0.375 e. The van der Waals surface area contributed by atoms with E-state index in [1.807, 2.05) is 31.2 Å². The van der Waals surface area contributed by atoms with Crippen molar-refractivity contribution >= 4 is 5.97 Å². The van der Waals surface area contributed by atoms with Crippen LogP contribution in [0.3, 0.4) is 0 Å². The van der Waals surface area contributed by atoms with Crippen LogP contribution < -0.4 is 0 Å². The molecule has 0 spiro atoms. The molecule has 100 valence electrons. The molecular weight excluding hydrogens is 242 g/mol. The van der Waals surface area contributed by atoms with Gasteiger partial charge in [0.05, 0.1) is 5.69 Å². The molecule has 2 rings (SSSR count). The molecule has 0 amide bonds. The number of aryl methyl sites for hydroxylation is 2.